The minimum atomic E-state index is -1.05. The van der Waals surface area contributed by atoms with E-state index in [1.807, 2.05) is 0 Å². The van der Waals surface area contributed by atoms with Gasteiger partial charge in [0.25, 0.3) is 5.91 Å². The molecule has 1 aliphatic rings. The van der Waals surface area contributed by atoms with Crippen molar-refractivity contribution >= 4 is 41.2 Å². The van der Waals surface area contributed by atoms with Crippen LogP contribution in [0.5, 0.6) is 0 Å². The molecular formula is C33H47FN4O8. The molecule has 0 saturated carbocycles. The molecule has 1 aliphatic heterocycles. The minimum Gasteiger partial charge on any atom is -0.469 e. The van der Waals surface area contributed by atoms with Gasteiger partial charge in [-0.05, 0) is 49.9 Å². The summed E-state index contributed by atoms with van der Waals surface area (Å²) in [6.45, 7) is 7.93. The van der Waals surface area contributed by atoms with Crippen LogP contribution in [0.3, 0.4) is 0 Å². The zero-order valence-electron chi connectivity index (χ0n) is 27.6. The first-order valence-corrected chi connectivity index (χ1v) is 15.7. The highest BCUT2D eigenvalue weighted by molar-refractivity contribution is 5.99. The maximum absolute atomic E-state index is 13.7. The second kappa shape index (κ2) is 18.1. The zero-order valence-corrected chi connectivity index (χ0v) is 27.6. The fourth-order valence-corrected chi connectivity index (χ4v) is 5.26. The van der Waals surface area contributed by atoms with E-state index in [0.29, 0.717) is 13.1 Å². The fraction of sp³-hybridized carbons (Fsp3) is 0.606. The highest BCUT2D eigenvalue weighted by atomic mass is 19.1. The van der Waals surface area contributed by atoms with Crippen LogP contribution >= 0.6 is 0 Å². The van der Waals surface area contributed by atoms with Gasteiger partial charge in [0.15, 0.2) is 11.6 Å². The number of esters is 1. The van der Waals surface area contributed by atoms with Gasteiger partial charge in [0, 0.05) is 63.3 Å². The number of ether oxygens (including phenoxy) is 1. The third-order valence-electron chi connectivity index (χ3n) is 8.30. The summed E-state index contributed by atoms with van der Waals surface area (Å²) in [6, 6.07) is 2.62. The molecule has 0 spiro atoms. The van der Waals surface area contributed by atoms with Gasteiger partial charge < -0.3 is 25.2 Å². The molecule has 4 unspecified atom stereocenters. The summed E-state index contributed by atoms with van der Waals surface area (Å²) in [7, 11) is 2.88. The summed E-state index contributed by atoms with van der Waals surface area (Å²) < 4.78 is 18.1. The Bertz CT molecular complexity index is 1270. The number of carbonyl (C=O) groups is 7. The Hall–Kier alpha value is -4.16. The summed E-state index contributed by atoms with van der Waals surface area (Å²) in [5.41, 5.74) is 0.144. The molecule has 2 N–H and O–H groups in total. The normalized spacial score (nSPS) is 15.9. The molecule has 1 aromatic carbocycles. The average Bonchev–Trinajstić information content (AvgIpc) is 3.02. The van der Waals surface area contributed by atoms with E-state index in [2.05, 4.69) is 15.4 Å². The second-order valence-electron chi connectivity index (χ2n) is 12.1. The predicted octanol–water partition coefficient (Wildman–Crippen LogP) is 2.93. The monoisotopic (exact) mass is 646 g/mol. The number of Topliss-reactive ketones (excluding diaryl/α,β-unsaturated/α-hetero) is 3. The Labute approximate surface area is 269 Å². The lowest BCUT2D eigenvalue weighted by molar-refractivity contribution is -0.144. The molecule has 46 heavy (non-hydrogen) atoms. The molecule has 0 bridgehead atoms. The summed E-state index contributed by atoms with van der Waals surface area (Å²) in [5.74, 6) is -5.51. The van der Waals surface area contributed by atoms with Crippen molar-refractivity contribution in [1.82, 2.24) is 20.4 Å². The van der Waals surface area contributed by atoms with Gasteiger partial charge in [0.05, 0.1) is 25.6 Å². The molecule has 1 aromatic rings. The van der Waals surface area contributed by atoms with Gasteiger partial charge >= 0.3 is 12.0 Å². The van der Waals surface area contributed by atoms with E-state index < -0.39 is 59.1 Å². The van der Waals surface area contributed by atoms with Crippen LogP contribution in [-0.2, 0) is 28.7 Å². The van der Waals surface area contributed by atoms with E-state index in [1.165, 1.54) is 26.2 Å². The number of halogens is 1. The standard InChI is InChI=1S/C33H47FN4O8/c1-7-27(39)23(18-30(42)46-6)17-28(40)21(4)35-32(44)25(20(2)3)19-29(41)26(13-16-38-15-8-14-37(5)33(38)45)36-31(43)22-9-11-24(34)12-10-22/h9-12,20-21,23,25-26H,7-8,13-19H2,1-6H3,(H,35,44)(H,36,43). The number of urea groups is 1. The summed E-state index contributed by atoms with van der Waals surface area (Å²) in [6.07, 6.45) is 0.227. The van der Waals surface area contributed by atoms with Gasteiger partial charge in [0.2, 0.25) is 5.91 Å². The van der Waals surface area contributed by atoms with Crippen molar-refractivity contribution in [2.24, 2.45) is 17.8 Å². The summed E-state index contributed by atoms with van der Waals surface area (Å²) >= 11 is 0. The number of rotatable bonds is 18. The third kappa shape index (κ3) is 11.3. The molecule has 2 rings (SSSR count). The number of ketones is 3. The van der Waals surface area contributed by atoms with Crippen LogP contribution in [0.15, 0.2) is 24.3 Å². The van der Waals surface area contributed by atoms with Gasteiger partial charge in [-0.1, -0.05) is 20.8 Å². The first-order valence-electron chi connectivity index (χ1n) is 15.7. The Balaban J connectivity index is 2.17. The number of amides is 4. The molecule has 254 valence electrons. The molecule has 1 fully saturated rings. The molecule has 12 nitrogen and oxygen atoms in total. The van der Waals surface area contributed by atoms with Gasteiger partial charge in [-0.2, -0.15) is 0 Å². The van der Waals surface area contributed by atoms with Crippen LogP contribution < -0.4 is 10.6 Å². The van der Waals surface area contributed by atoms with Crippen LogP contribution in [0, 0.1) is 23.6 Å². The van der Waals surface area contributed by atoms with Crippen molar-refractivity contribution in [1.29, 1.82) is 0 Å². The van der Waals surface area contributed by atoms with E-state index in [0.717, 1.165) is 18.6 Å². The van der Waals surface area contributed by atoms with Crippen molar-refractivity contribution in [3.63, 3.8) is 0 Å². The number of methoxy groups -OCH3 is 1. The quantitative estimate of drug-likeness (QED) is 0.230. The molecule has 0 aliphatic carbocycles. The van der Waals surface area contributed by atoms with E-state index in [9.17, 15) is 38.0 Å². The van der Waals surface area contributed by atoms with Crippen molar-refractivity contribution in [3.8, 4) is 0 Å². The van der Waals surface area contributed by atoms with E-state index in [1.54, 1.807) is 37.6 Å². The van der Waals surface area contributed by atoms with Gasteiger partial charge in [0.1, 0.15) is 11.6 Å². The highest BCUT2D eigenvalue weighted by Gasteiger charge is 2.33. The number of carbonyl (C=O) groups excluding carboxylic acids is 7. The van der Waals surface area contributed by atoms with Crippen molar-refractivity contribution in [2.45, 2.75) is 78.3 Å². The third-order valence-corrected chi connectivity index (χ3v) is 8.30. The number of nitrogens with zero attached hydrogens (tertiary/aromatic N) is 2. The average molecular weight is 647 g/mol. The number of nitrogens with one attached hydrogen (secondary N) is 2. The van der Waals surface area contributed by atoms with Gasteiger partial charge in [-0.25, -0.2) is 9.18 Å². The Kier molecular flexibility index (Phi) is 15.0. The molecule has 1 saturated heterocycles. The summed E-state index contributed by atoms with van der Waals surface area (Å²) in [4.78, 5) is 93.0. The molecule has 0 radical (unpaired) electrons. The van der Waals surface area contributed by atoms with Crippen molar-refractivity contribution in [2.75, 3.05) is 33.8 Å². The van der Waals surface area contributed by atoms with Gasteiger partial charge in [-0.15, -0.1) is 0 Å². The first-order chi connectivity index (χ1) is 21.7. The first kappa shape index (κ1) is 38.0. The largest absolute Gasteiger partial charge is 0.469 e. The van der Waals surface area contributed by atoms with Crippen LogP contribution in [0.25, 0.3) is 0 Å². The van der Waals surface area contributed by atoms with E-state index in [-0.39, 0.29) is 61.9 Å². The van der Waals surface area contributed by atoms with Crippen LogP contribution in [0.2, 0.25) is 0 Å². The number of benzene rings is 1. The molecule has 4 amide bonds. The minimum absolute atomic E-state index is 0.0969. The maximum Gasteiger partial charge on any atom is 0.319 e. The smallest absolute Gasteiger partial charge is 0.319 e. The highest BCUT2D eigenvalue weighted by Crippen LogP contribution is 2.20. The molecule has 0 aromatic heterocycles. The van der Waals surface area contributed by atoms with E-state index >= 15 is 0 Å². The Morgan fingerprint density at radius 1 is 0.913 bits per heavy atom. The van der Waals surface area contributed by atoms with Crippen LogP contribution in [0.1, 0.15) is 76.6 Å². The predicted molar refractivity (Wildman–Crippen MR) is 167 cm³/mol. The molecule has 13 heteroatoms. The van der Waals surface area contributed by atoms with Crippen molar-refractivity contribution in [3.05, 3.63) is 35.6 Å². The maximum atomic E-state index is 13.7. The molecule has 1 heterocycles. The second-order valence-corrected chi connectivity index (χ2v) is 12.1. The number of hydrogen-bond acceptors (Lipinski definition) is 8. The SMILES string of the molecule is CCC(=O)C(CC(=O)OC)CC(=O)C(C)NC(=O)C(CC(=O)C(CCN1CCCN(C)C1=O)NC(=O)c1ccc(F)cc1)C(C)C. The zero-order chi connectivity index (χ0) is 34.6. The van der Waals surface area contributed by atoms with Gasteiger partial charge in [-0.3, -0.25) is 28.8 Å². The molecular weight excluding hydrogens is 599 g/mol. The molecule has 4 atom stereocenters. The lowest BCUT2D eigenvalue weighted by Crippen LogP contribution is -2.50. The van der Waals surface area contributed by atoms with Crippen LogP contribution in [0.4, 0.5) is 9.18 Å². The number of hydrogen-bond donors (Lipinski definition) is 2. The fourth-order valence-electron chi connectivity index (χ4n) is 5.26. The van der Waals surface area contributed by atoms with E-state index in [4.69, 9.17) is 0 Å². The summed E-state index contributed by atoms with van der Waals surface area (Å²) in [5, 5.41) is 5.35. The Morgan fingerprint density at radius 3 is 2.15 bits per heavy atom. The Morgan fingerprint density at radius 2 is 1.57 bits per heavy atom. The lowest BCUT2D eigenvalue weighted by Gasteiger charge is -2.34. The topological polar surface area (TPSA) is 159 Å². The lowest BCUT2D eigenvalue weighted by atomic mass is 9.86. The van der Waals surface area contributed by atoms with Crippen LogP contribution in [-0.4, -0.2) is 96.8 Å². The van der Waals surface area contributed by atoms with Crippen molar-refractivity contribution < 1.29 is 42.7 Å².